The van der Waals surface area contributed by atoms with Gasteiger partial charge in [-0.25, -0.2) is 14.8 Å². The van der Waals surface area contributed by atoms with Crippen LogP contribution in [0.4, 0.5) is 5.95 Å². The van der Waals surface area contributed by atoms with E-state index in [0.29, 0.717) is 18.2 Å². The van der Waals surface area contributed by atoms with Crippen LogP contribution in [0.5, 0.6) is 0 Å². The van der Waals surface area contributed by atoms with E-state index in [0.717, 1.165) is 5.82 Å². The van der Waals surface area contributed by atoms with Gasteiger partial charge in [0.15, 0.2) is 5.82 Å². The molecule has 0 unspecified atom stereocenters. The van der Waals surface area contributed by atoms with Crippen LogP contribution in [0.15, 0.2) is 12.5 Å². The number of aromatic nitrogens is 5. The van der Waals surface area contributed by atoms with Gasteiger partial charge in [-0.05, 0) is 20.8 Å². The van der Waals surface area contributed by atoms with Crippen LogP contribution in [0, 0.1) is 6.92 Å². The Hall–Kier alpha value is -2.51. The van der Waals surface area contributed by atoms with Gasteiger partial charge in [-0.1, -0.05) is 0 Å². The predicted molar refractivity (Wildman–Crippen MR) is 71.5 cm³/mol. The summed E-state index contributed by atoms with van der Waals surface area (Å²) in [6, 6.07) is 0.263. The molecule has 0 atom stereocenters. The van der Waals surface area contributed by atoms with Crippen molar-refractivity contribution in [2.75, 3.05) is 5.32 Å². The number of hydrogen-bond acceptors (Lipinski definition) is 6. The molecule has 2 N–H and O–H groups in total. The maximum absolute atomic E-state index is 10.9. The number of hydrogen-bond donors (Lipinski definition) is 2. The molecule has 0 spiro atoms. The average molecular weight is 276 g/mol. The predicted octanol–water partition coefficient (Wildman–Crippen LogP) is 1.27. The average Bonchev–Trinajstić information content (AvgIpc) is 2.84. The maximum Gasteiger partial charge on any atom is 0.339 e. The highest BCUT2D eigenvalue weighted by Crippen LogP contribution is 2.10. The second kappa shape index (κ2) is 5.64. The van der Waals surface area contributed by atoms with Crippen LogP contribution in [0.2, 0.25) is 0 Å². The molecule has 2 rings (SSSR count). The molecule has 8 nitrogen and oxygen atoms in total. The van der Waals surface area contributed by atoms with Crippen LogP contribution in [0.3, 0.4) is 0 Å². The van der Waals surface area contributed by atoms with Crippen LogP contribution in [-0.2, 0) is 6.54 Å². The fourth-order valence-electron chi connectivity index (χ4n) is 1.74. The summed E-state index contributed by atoms with van der Waals surface area (Å²) in [5, 5.41) is 19.8. The summed E-state index contributed by atoms with van der Waals surface area (Å²) in [6.07, 6.45) is 2.96. The zero-order chi connectivity index (χ0) is 14.7. The van der Waals surface area contributed by atoms with E-state index >= 15 is 0 Å². The van der Waals surface area contributed by atoms with Gasteiger partial charge in [0.25, 0.3) is 0 Å². The van der Waals surface area contributed by atoms with Crippen LogP contribution >= 0.6 is 0 Å². The molecule has 0 aromatic carbocycles. The molecule has 0 radical (unpaired) electrons. The molecule has 0 aliphatic rings. The molecular formula is C12H16N6O2. The van der Waals surface area contributed by atoms with E-state index in [-0.39, 0.29) is 11.6 Å². The lowest BCUT2D eigenvalue weighted by molar-refractivity contribution is 0.0695. The summed E-state index contributed by atoms with van der Waals surface area (Å²) in [7, 11) is 0. The Morgan fingerprint density at radius 2 is 2.25 bits per heavy atom. The van der Waals surface area contributed by atoms with Gasteiger partial charge in [-0.3, -0.25) is 0 Å². The minimum atomic E-state index is -1.03. The number of carboxylic acid groups (broad SMARTS) is 1. The Morgan fingerprint density at radius 1 is 1.50 bits per heavy atom. The number of rotatable bonds is 5. The van der Waals surface area contributed by atoms with Crippen LogP contribution in [0.1, 0.15) is 41.8 Å². The molecule has 0 saturated heterocycles. The fraction of sp³-hybridized carbons (Fsp3) is 0.417. The minimum Gasteiger partial charge on any atom is -0.478 e. The topological polar surface area (TPSA) is 106 Å². The third-order valence-corrected chi connectivity index (χ3v) is 2.82. The van der Waals surface area contributed by atoms with Crippen molar-refractivity contribution < 1.29 is 9.90 Å². The van der Waals surface area contributed by atoms with E-state index in [1.54, 1.807) is 13.3 Å². The molecule has 2 heterocycles. The lowest BCUT2D eigenvalue weighted by Crippen LogP contribution is -2.12. The van der Waals surface area contributed by atoms with Crippen molar-refractivity contribution in [1.29, 1.82) is 0 Å². The summed E-state index contributed by atoms with van der Waals surface area (Å²) in [5.74, 6) is 0.1000. The Morgan fingerprint density at radius 3 is 2.85 bits per heavy atom. The Balaban J connectivity index is 2.09. The number of aryl methyl sites for hydroxylation is 1. The van der Waals surface area contributed by atoms with E-state index in [4.69, 9.17) is 5.11 Å². The van der Waals surface area contributed by atoms with Crippen molar-refractivity contribution >= 4 is 11.9 Å². The highest BCUT2D eigenvalue weighted by atomic mass is 16.4. The first-order valence-corrected chi connectivity index (χ1v) is 6.18. The van der Waals surface area contributed by atoms with Gasteiger partial charge in [0.2, 0.25) is 5.95 Å². The normalized spacial score (nSPS) is 10.8. The van der Waals surface area contributed by atoms with Gasteiger partial charge in [-0.2, -0.15) is 0 Å². The maximum atomic E-state index is 10.9. The first-order valence-electron chi connectivity index (χ1n) is 6.18. The largest absolute Gasteiger partial charge is 0.478 e. The van der Waals surface area contributed by atoms with Crippen molar-refractivity contribution in [2.45, 2.75) is 33.4 Å². The Kier molecular flexibility index (Phi) is 3.92. The smallest absolute Gasteiger partial charge is 0.339 e. The van der Waals surface area contributed by atoms with E-state index in [9.17, 15) is 4.79 Å². The van der Waals surface area contributed by atoms with Crippen LogP contribution in [0.25, 0.3) is 0 Å². The molecule has 0 amide bonds. The number of aromatic carboxylic acids is 1. The van der Waals surface area contributed by atoms with Gasteiger partial charge < -0.3 is 15.0 Å². The molecule has 8 heteroatoms. The van der Waals surface area contributed by atoms with Crippen molar-refractivity contribution in [1.82, 2.24) is 24.7 Å². The molecular weight excluding hydrogens is 260 g/mol. The first-order chi connectivity index (χ1) is 9.49. The Bertz CT molecular complexity index is 622. The molecule has 0 aliphatic carbocycles. The summed E-state index contributed by atoms with van der Waals surface area (Å²) >= 11 is 0. The fourth-order valence-corrected chi connectivity index (χ4v) is 1.74. The monoisotopic (exact) mass is 276 g/mol. The van der Waals surface area contributed by atoms with Gasteiger partial charge >= 0.3 is 5.97 Å². The lowest BCUT2D eigenvalue weighted by Gasteiger charge is -2.11. The zero-order valence-corrected chi connectivity index (χ0v) is 11.5. The van der Waals surface area contributed by atoms with E-state index in [2.05, 4.69) is 25.5 Å². The molecule has 20 heavy (non-hydrogen) atoms. The van der Waals surface area contributed by atoms with Crippen molar-refractivity contribution in [3.63, 3.8) is 0 Å². The first kappa shape index (κ1) is 13.9. The zero-order valence-electron chi connectivity index (χ0n) is 11.5. The van der Waals surface area contributed by atoms with Gasteiger partial charge in [0, 0.05) is 12.2 Å². The van der Waals surface area contributed by atoms with Gasteiger partial charge in [0.05, 0.1) is 17.8 Å². The summed E-state index contributed by atoms with van der Waals surface area (Å²) in [6.45, 7) is 6.13. The number of nitrogens with one attached hydrogen (secondary N) is 1. The summed E-state index contributed by atoms with van der Waals surface area (Å²) in [4.78, 5) is 19.0. The molecule has 2 aromatic heterocycles. The SMILES string of the molecule is Cc1nc(NCc2nncn2C(C)C)ncc1C(=O)O. The second-order valence-electron chi connectivity index (χ2n) is 4.60. The minimum absolute atomic E-state index is 0.0981. The number of carboxylic acids is 1. The second-order valence-corrected chi connectivity index (χ2v) is 4.60. The third-order valence-electron chi connectivity index (χ3n) is 2.82. The summed E-state index contributed by atoms with van der Waals surface area (Å²) < 4.78 is 1.94. The molecule has 0 aliphatic heterocycles. The molecule has 0 saturated carbocycles. The molecule has 0 bridgehead atoms. The van der Waals surface area contributed by atoms with Crippen LogP contribution < -0.4 is 5.32 Å². The quantitative estimate of drug-likeness (QED) is 0.846. The molecule has 2 aromatic rings. The van der Waals surface area contributed by atoms with Crippen LogP contribution in [-0.4, -0.2) is 35.8 Å². The lowest BCUT2D eigenvalue weighted by atomic mass is 10.2. The highest BCUT2D eigenvalue weighted by Gasteiger charge is 2.11. The van der Waals surface area contributed by atoms with E-state index < -0.39 is 5.97 Å². The number of nitrogens with zero attached hydrogens (tertiary/aromatic N) is 5. The Labute approximate surface area is 115 Å². The summed E-state index contributed by atoms with van der Waals surface area (Å²) in [5.41, 5.74) is 0.515. The van der Waals surface area contributed by atoms with Crippen molar-refractivity contribution in [3.8, 4) is 0 Å². The standard InChI is InChI=1S/C12H16N6O2/c1-7(2)18-6-15-17-10(18)5-14-12-13-4-9(11(19)20)8(3)16-12/h4,6-7H,5H2,1-3H3,(H,19,20)(H,13,14,16). The van der Waals surface area contributed by atoms with Crippen molar-refractivity contribution in [3.05, 3.63) is 29.6 Å². The number of anilines is 1. The molecule has 0 fully saturated rings. The van der Waals surface area contributed by atoms with E-state index in [1.165, 1.54) is 6.20 Å². The van der Waals surface area contributed by atoms with Crippen molar-refractivity contribution in [2.24, 2.45) is 0 Å². The van der Waals surface area contributed by atoms with E-state index in [1.807, 2.05) is 18.4 Å². The van der Waals surface area contributed by atoms with Gasteiger partial charge in [-0.15, -0.1) is 10.2 Å². The molecule has 106 valence electrons. The third kappa shape index (κ3) is 2.90. The van der Waals surface area contributed by atoms with Gasteiger partial charge in [0.1, 0.15) is 6.33 Å². The number of carbonyl (C=O) groups is 1. The highest BCUT2D eigenvalue weighted by molar-refractivity contribution is 5.88.